The Labute approximate surface area is 136 Å². The Bertz CT molecular complexity index is 613. The van der Waals surface area contributed by atoms with Crippen molar-refractivity contribution in [1.29, 1.82) is 0 Å². The van der Waals surface area contributed by atoms with E-state index >= 15 is 0 Å². The quantitative estimate of drug-likeness (QED) is 0.912. The van der Waals surface area contributed by atoms with Gasteiger partial charge in [0.25, 0.3) is 0 Å². The van der Waals surface area contributed by atoms with Crippen molar-refractivity contribution >= 4 is 5.69 Å². The Kier molecular flexibility index (Phi) is 4.06. The summed E-state index contributed by atoms with van der Waals surface area (Å²) in [7, 11) is 0. The van der Waals surface area contributed by atoms with Crippen LogP contribution in [0.1, 0.15) is 19.3 Å². The molecule has 2 saturated heterocycles. The van der Waals surface area contributed by atoms with E-state index in [2.05, 4.69) is 39.9 Å². The second-order valence-corrected chi connectivity index (χ2v) is 6.73. The summed E-state index contributed by atoms with van der Waals surface area (Å²) in [6.45, 7) is 3.95. The van der Waals surface area contributed by atoms with Gasteiger partial charge in [-0.1, -0.05) is 0 Å². The zero-order chi connectivity index (χ0) is 15.5. The molecule has 2 aliphatic heterocycles. The van der Waals surface area contributed by atoms with E-state index in [0.29, 0.717) is 11.5 Å². The van der Waals surface area contributed by atoms with Gasteiger partial charge in [-0.05, 0) is 48.9 Å². The lowest BCUT2D eigenvalue weighted by molar-refractivity contribution is 0.000376. The fourth-order valence-corrected chi connectivity index (χ4v) is 3.79. The van der Waals surface area contributed by atoms with E-state index in [4.69, 9.17) is 9.15 Å². The second kappa shape index (κ2) is 6.34. The standard InChI is InChI=1S/C18H23N3O2/c1-3-15(4-2-14(1)17-11-20-13-23-17)21-16-9-18(12-19-10-16)5-7-22-8-6-18/h1-4,11,13,16,19,21H,5-10,12H2/t16-/m0/s1. The molecule has 2 N–H and O–H groups in total. The van der Waals surface area contributed by atoms with Crippen molar-refractivity contribution in [2.45, 2.75) is 25.3 Å². The first kappa shape index (κ1) is 14.7. The molecule has 1 spiro atoms. The topological polar surface area (TPSA) is 59.3 Å². The van der Waals surface area contributed by atoms with Crippen LogP contribution in [-0.4, -0.2) is 37.3 Å². The van der Waals surface area contributed by atoms with Crippen LogP contribution in [0.5, 0.6) is 0 Å². The fraction of sp³-hybridized carbons (Fsp3) is 0.500. The van der Waals surface area contributed by atoms with Crippen LogP contribution in [0.25, 0.3) is 11.3 Å². The number of piperidine rings is 1. The summed E-state index contributed by atoms with van der Waals surface area (Å²) in [5, 5.41) is 7.28. The second-order valence-electron chi connectivity index (χ2n) is 6.73. The van der Waals surface area contributed by atoms with Gasteiger partial charge in [0.2, 0.25) is 0 Å². The Hall–Kier alpha value is -1.85. The van der Waals surface area contributed by atoms with Crippen LogP contribution in [0.2, 0.25) is 0 Å². The van der Waals surface area contributed by atoms with Crippen molar-refractivity contribution in [2.24, 2.45) is 5.41 Å². The summed E-state index contributed by atoms with van der Waals surface area (Å²) >= 11 is 0. The first-order valence-electron chi connectivity index (χ1n) is 8.37. The number of hydrogen-bond acceptors (Lipinski definition) is 5. The van der Waals surface area contributed by atoms with Gasteiger partial charge in [0.05, 0.1) is 6.20 Å². The first-order chi connectivity index (χ1) is 11.3. The van der Waals surface area contributed by atoms with Crippen molar-refractivity contribution < 1.29 is 9.15 Å². The molecule has 5 nitrogen and oxygen atoms in total. The minimum Gasteiger partial charge on any atom is -0.444 e. The molecule has 1 aromatic carbocycles. The molecule has 2 aromatic rings. The van der Waals surface area contributed by atoms with Crippen molar-refractivity contribution in [3.8, 4) is 11.3 Å². The molecule has 122 valence electrons. The smallest absolute Gasteiger partial charge is 0.181 e. The summed E-state index contributed by atoms with van der Waals surface area (Å²) in [5.74, 6) is 0.803. The van der Waals surface area contributed by atoms with Crippen LogP contribution < -0.4 is 10.6 Å². The molecule has 2 fully saturated rings. The highest BCUT2D eigenvalue weighted by Crippen LogP contribution is 2.37. The number of oxazole rings is 1. The van der Waals surface area contributed by atoms with Gasteiger partial charge in [-0.2, -0.15) is 0 Å². The molecule has 0 unspecified atom stereocenters. The highest BCUT2D eigenvalue weighted by atomic mass is 16.5. The van der Waals surface area contributed by atoms with Crippen molar-refractivity contribution in [2.75, 3.05) is 31.6 Å². The van der Waals surface area contributed by atoms with E-state index in [0.717, 1.165) is 43.3 Å². The summed E-state index contributed by atoms with van der Waals surface area (Å²) in [5.41, 5.74) is 2.62. The summed E-state index contributed by atoms with van der Waals surface area (Å²) in [4.78, 5) is 3.96. The maximum atomic E-state index is 5.54. The summed E-state index contributed by atoms with van der Waals surface area (Å²) in [6, 6.07) is 8.84. The summed E-state index contributed by atoms with van der Waals surface area (Å²) in [6.07, 6.45) is 6.75. The normalized spacial score (nSPS) is 23.7. The predicted octanol–water partition coefficient (Wildman–Crippen LogP) is 2.91. The van der Waals surface area contributed by atoms with E-state index in [-0.39, 0.29) is 0 Å². The number of aromatic nitrogens is 1. The van der Waals surface area contributed by atoms with Crippen LogP contribution in [0, 0.1) is 5.41 Å². The maximum Gasteiger partial charge on any atom is 0.181 e. The molecular formula is C18H23N3O2. The molecule has 0 amide bonds. The van der Waals surface area contributed by atoms with E-state index in [1.807, 2.05) is 0 Å². The number of anilines is 1. The molecule has 23 heavy (non-hydrogen) atoms. The Morgan fingerprint density at radius 1 is 1.17 bits per heavy atom. The highest BCUT2D eigenvalue weighted by Gasteiger charge is 2.37. The number of nitrogens with zero attached hydrogens (tertiary/aromatic N) is 1. The maximum absolute atomic E-state index is 5.54. The SMILES string of the molecule is c1ncc(-c2ccc(N[C@@H]3CNCC4(CCOCC4)C3)cc2)o1. The Morgan fingerprint density at radius 3 is 2.74 bits per heavy atom. The minimum absolute atomic E-state index is 0.411. The average Bonchev–Trinajstić information content (AvgIpc) is 3.11. The Morgan fingerprint density at radius 2 is 2.00 bits per heavy atom. The third-order valence-corrected chi connectivity index (χ3v) is 5.10. The largest absolute Gasteiger partial charge is 0.444 e. The van der Waals surface area contributed by atoms with Gasteiger partial charge in [-0.25, -0.2) is 4.98 Å². The molecule has 2 aliphatic rings. The monoisotopic (exact) mass is 313 g/mol. The number of benzene rings is 1. The van der Waals surface area contributed by atoms with E-state index in [9.17, 15) is 0 Å². The lowest BCUT2D eigenvalue weighted by Crippen LogP contribution is -2.51. The number of hydrogen-bond donors (Lipinski definition) is 2. The van der Waals surface area contributed by atoms with Gasteiger partial charge in [-0.3, -0.25) is 0 Å². The van der Waals surface area contributed by atoms with Gasteiger partial charge in [-0.15, -0.1) is 0 Å². The molecule has 0 aliphatic carbocycles. The molecule has 1 atom stereocenters. The lowest BCUT2D eigenvalue weighted by atomic mass is 9.73. The van der Waals surface area contributed by atoms with Crippen molar-refractivity contribution in [3.63, 3.8) is 0 Å². The van der Waals surface area contributed by atoms with Gasteiger partial charge in [0.15, 0.2) is 12.2 Å². The summed E-state index contributed by atoms with van der Waals surface area (Å²) < 4.78 is 10.9. The third-order valence-electron chi connectivity index (χ3n) is 5.10. The molecule has 4 rings (SSSR count). The van der Waals surface area contributed by atoms with Crippen LogP contribution in [0.3, 0.4) is 0 Å². The van der Waals surface area contributed by atoms with E-state index in [1.54, 1.807) is 6.20 Å². The Balaban J connectivity index is 1.41. The molecule has 3 heterocycles. The number of ether oxygens (including phenoxy) is 1. The third kappa shape index (κ3) is 3.26. The molecule has 0 radical (unpaired) electrons. The molecule has 0 saturated carbocycles. The van der Waals surface area contributed by atoms with Crippen LogP contribution >= 0.6 is 0 Å². The van der Waals surface area contributed by atoms with Gasteiger partial charge >= 0.3 is 0 Å². The van der Waals surface area contributed by atoms with Crippen molar-refractivity contribution in [1.82, 2.24) is 10.3 Å². The zero-order valence-corrected chi connectivity index (χ0v) is 13.3. The zero-order valence-electron chi connectivity index (χ0n) is 13.3. The van der Waals surface area contributed by atoms with Gasteiger partial charge in [0.1, 0.15) is 0 Å². The highest BCUT2D eigenvalue weighted by molar-refractivity contribution is 5.60. The van der Waals surface area contributed by atoms with E-state index < -0.39 is 0 Å². The number of rotatable bonds is 3. The van der Waals surface area contributed by atoms with Crippen LogP contribution in [0.4, 0.5) is 5.69 Å². The van der Waals surface area contributed by atoms with Gasteiger partial charge in [0, 0.05) is 43.6 Å². The lowest BCUT2D eigenvalue weighted by Gasteiger charge is -2.44. The first-order valence-corrected chi connectivity index (χ1v) is 8.37. The van der Waals surface area contributed by atoms with Crippen molar-refractivity contribution in [3.05, 3.63) is 36.9 Å². The molecule has 5 heteroatoms. The average molecular weight is 313 g/mol. The molecule has 1 aromatic heterocycles. The minimum atomic E-state index is 0.411. The van der Waals surface area contributed by atoms with Gasteiger partial charge < -0.3 is 19.8 Å². The fourth-order valence-electron chi connectivity index (χ4n) is 3.79. The van der Waals surface area contributed by atoms with Crippen LogP contribution in [0.15, 0.2) is 41.3 Å². The predicted molar refractivity (Wildman–Crippen MR) is 89.3 cm³/mol. The molecule has 0 bridgehead atoms. The van der Waals surface area contributed by atoms with Crippen LogP contribution in [-0.2, 0) is 4.74 Å². The number of nitrogens with one attached hydrogen (secondary N) is 2. The molecular weight excluding hydrogens is 290 g/mol. The van der Waals surface area contributed by atoms with E-state index in [1.165, 1.54) is 25.7 Å².